The molecular formula is C26H38N10O15P2. The molecule has 53 heavy (non-hydrogen) atoms. The number of aromatic amines is 1. The van der Waals surface area contributed by atoms with Crippen LogP contribution in [0.4, 0.5) is 11.8 Å². The largest absolute Gasteiger partial charge is 0.472 e. The lowest BCUT2D eigenvalue weighted by molar-refractivity contribution is -0.0810. The number of phosphoric ester groups is 2. The van der Waals surface area contributed by atoms with Crippen LogP contribution in [0.15, 0.2) is 23.8 Å². The van der Waals surface area contributed by atoms with E-state index in [2.05, 4.69) is 34.4 Å². The van der Waals surface area contributed by atoms with Crippen LogP contribution in [-0.2, 0) is 51.1 Å². The number of H-pyrrole nitrogens is 1. The van der Waals surface area contributed by atoms with E-state index >= 15 is 0 Å². The van der Waals surface area contributed by atoms with Crippen LogP contribution in [0.5, 0.6) is 0 Å². The number of hydrogen-bond donors (Lipinski definition) is 6. The first-order valence-electron chi connectivity index (χ1n) is 15.8. The van der Waals surface area contributed by atoms with Crippen molar-refractivity contribution < 1.29 is 65.8 Å². The predicted octanol–water partition coefficient (Wildman–Crippen LogP) is -1.02. The second-order valence-electron chi connectivity index (χ2n) is 11.7. The first-order chi connectivity index (χ1) is 25.3. The molecule has 6 rings (SSSR count). The van der Waals surface area contributed by atoms with Crippen LogP contribution >= 0.6 is 15.6 Å². The maximum absolute atomic E-state index is 13.6. The molecule has 0 amide bonds. The van der Waals surface area contributed by atoms with Crippen molar-refractivity contribution in [3.05, 3.63) is 29.3 Å². The molecule has 0 spiro atoms. The van der Waals surface area contributed by atoms with Crippen molar-refractivity contribution >= 4 is 49.7 Å². The van der Waals surface area contributed by atoms with Crippen LogP contribution in [-0.4, -0.2) is 138 Å². The quantitative estimate of drug-likeness (QED) is 0.0519. The van der Waals surface area contributed by atoms with Crippen molar-refractivity contribution in [3.8, 4) is 0 Å². The Hall–Kier alpha value is -3.52. The molecule has 0 saturated carbocycles. The molecule has 27 heteroatoms. The van der Waals surface area contributed by atoms with Crippen molar-refractivity contribution in [2.45, 2.75) is 49.4 Å². The summed E-state index contributed by atoms with van der Waals surface area (Å²) in [6.45, 7) is -0.877. The number of fused-ring (bicyclic) bond motifs is 2. The Balaban J connectivity index is 1.23. The molecule has 4 aromatic rings. The van der Waals surface area contributed by atoms with Gasteiger partial charge in [-0.2, -0.15) is 4.98 Å². The number of nitrogens with two attached hydrogens (primary N) is 2. The molecule has 2 aliphatic rings. The Kier molecular flexibility index (Phi) is 12.2. The number of imidazole rings is 2. The Morgan fingerprint density at radius 3 is 2.28 bits per heavy atom. The summed E-state index contributed by atoms with van der Waals surface area (Å²) in [5.74, 6) is -0.0906. The number of aromatic nitrogens is 8. The van der Waals surface area contributed by atoms with Crippen molar-refractivity contribution in [2.75, 3.05) is 65.3 Å². The summed E-state index contributed by atoms with van der Waals surface area (Å²) in [5.41, 5.74) is 11.6. The van der Waals surface area contributed by atoms with Gasteiger partial charge >= 0.3 is 15.6 Å². The third-order valence-electron chi connectivity index (χ3n) is 8.12. The van der Waals surface area contributed by atoms with Gasteiger partial charge in [-0.3, -0.25) is 32.5 Å². The normalized spacial score (nSPS) is 26.2. The SMILES string of the molecule is COCCOC1C[C@@H](COP(=O)(O)O[C@@H]2C(OCCOC)[C@H](n3cnc4c(=O)[nH]c(N)nc43)O[C@@H]2COP(=O)(O)O)O[C@H]1n1cnc2c(N)ncnc21. The highest BCUT2D eigenvalue weighted by Crippen LogP contribution is 2.51. The highest BCUT2D eigenvalue weighted by Gasteiger charge is 2.52. The van der Waals surface area contributed by atoms with Crippen molar-refractivity contribution in [1.29, 1.82) is 0 Å². The lowest BCUT2D eigenvalue weighted by Crippen LogP contribution is -2.38. The molecule has 3 unspecified atom stereocenters. The van der Waals surface area contributed by atoms with E-state index in [1.165, 1.54) is 37.8 Å². The number of methoxy groups -OCH3 is 2. The maximum Gasteiger partial charge on any atom is 0.472 e. The van der Waals surface area contributed by atoms with Crippen LogP contribution in [0.2, 0.25) is 0 Å². The summed E-state index contributed by atoms with van der Waals surface area (Å²) < 4.78 is 78.2. The van der Waals surface area contributed by atoms with Crippen LogP contribution in [0, 0.1) is 0 Å². The third-order valence-corrected chi connectivity index (χ3v) is 9.59. The second kappa shape index (κ2) is 16.5. The summed E-state index contributed by atoms with van der Waals surface area (Å²) in [6, 6.07) is 0. The average molecular weight is 793 g/mol. The van der Waals surface area contributed by atoms with Gasteiger partial charge in [0.15, 0.2) is 35.1 Å². The number of ether oxygens (including phenoxy) is 6. The zero-order chi connectivity index (χ0) is 37.9. The first-order valence-corrected chi connectivity index (χ1v) is 18.8. The molecule has 0 aromatic carbocycles. The van der Waals surface area contributed by atoms with Gasteiger partial charge in [0, 0.05) is 20.6 Å². The molecule has 0 aliphatic carbocycles. The van der Waals surface area contributed by atoms with Gasteiger partial charge in [0.05, 0.1) is 58.4 Å². The van der Waals surface area contributed by atoms with Crippen molar-refractivity contribution in [1.82, 2.24) is 39.0 Å². The van der Waals surface area contributed by atoms with E-state index in [1.807, 2.05) is 0 Å². The van der Waals surface area contributed by atoms with Crippen LogP contribution < -0.4 is 17.0 Å². The van der Waals surface area contributed by atoms with Crippen LogP contribution in [0.25, 0.3) is 22.3 Å². The van der Waals surface area contributed by atoms with Gasteiger partial charge in [-0.15, -0.1) is 0 Å². The minimum Gasteiger partial charge on any atom is -0.382 e. The predicted molar refractivity (Wildman–Crippen MR) is 177 cm³/mol. The summed E-state index contributed by atoms with van der Waals surface area (Å²) >= 11 is 0. The molecule has 0 radical (unpaired) electrons. The van der Waals surface area contributed by atoms with Gasteiger partial charge in [0.2, 0.25) is 5.95 Å². The van der Waals surface area contributed by atoms with E-state index in [1.54, 1.807) is 4.57 Å². The topological polar surface area (TPSA) is 337 Å². The molecule has 2 saturated heterocycles. The fourth-order valence-corrected chi connectivity index (χ4v) is 7.18. The molecular weight excluding hydrogens is 754 g/mol. The van der Waals surface area contributed by atoms with Crippen LogP contribution in [0.3, 0.4) is 0 Å². The molecule has 8 N–H and O–H groups in total. The highest BCUT2D eigenvalue weighted by molar-refractivity contribution is 7.47. The molecule has 4 aromatic heterocycles. The number of nitrogens with zero attached hydrogens (tertiary/aromatic N) is 7. The number of rotatable bonds is 18. The number of nitrogens with one attached hydrogen (secondary N) is 1. The van der Waals surface area contributed by atoms with Crippen molar-refractivity contribution in [2.24, 2.45) is 0 Å². The standard InChI is InChI=1S/C26H38N10O15P2/c1-43-3-5-45-14-7-13(49-24(14)35-11-31-16-20(27)29-10-30-21(16)35)8-48-53(41,42)51-18-15(9-47-52(38,39)40)50-25(19(18)46-6-4-44-2)36-12-32-17-22(36)33-26(28)34-23(17)37/h10-15,18-19,24-25H,3-9H2,1-2H3,(H,41,42)(H2,27,29,30)(H2,38,39,40)(H3,28,33,34,37)/t13-,14?,15+,18-,19?,24+,25+/m0/s1. The van der Waals surface area contributed by atoms with E-state index in [0.717, 1.165) is 0 Å². The summed E-state index contributed by atoms with van der Waals surface area (Å²) in [5, 5.41) is 0. The molecule has 8 atom stereocenters. The van der Waals surface area contributed by atoms with Gasteiger partial charge in [0.1, 0.15) is 36.3 Å². The zero-order valence-corrected chi connectivity index (χ0v) is 29.9. The van der Waals surface area contributed by atoms with E-state index in [-0.39, 0.29) is 55.8 Å². The summed E-state index contributed by atoms with van der Waals surface area (Å²) in [6.07, 6.45) is -3.82. The molecule has 2 aliphatic heterocycles. The molecule has 2 fully saturated rings. The highest BCUT2D eigenvalue weighted by atomic mass is 31.2. The van der Waals surface area contributed by atoms with Gasteiger partial charge in [-0.1, -0.05) is 0 Å². The van der Waals surface area contributed by atoms with E-state index in [0.29, 0.717) is 11.2 Å². The molecule has 25 nitrogen and oxygen atoms in total. The lowest BCUT2D eigenvalue weighted by atomic mass is 10.1. The lowest BCUT2D eigenvalue weighted by Gasteiger charge is -2.26. The minimum atomic E-state index is -5.07. The Morgan fingerprint density at radius 1 is 0.868 bits per heavy atom. The number of nitrogen functional groups attached to an aromatic ring is 2. The summed E-state index contributed by atoms with van der Waals surface area (Å²) in [4.78, 5) is 65.4. The van der Waals surface area contributed by atoms with Gasteiger partial charge in [-0.05, 0) is 0 Å². The second-order valence-corrected chi connectivity index (χ2v) is 14.3. The fraction of sp³-hybridized carbons (Fsp3) is 0.615. The average Bonchev–Trinajstić information content (AvgIpc) is 3.88. The maximum atomic E-state index is 13.6. The minimum absolute atomic E-state index is 0.0506. The van der Waals surface area contributed by atoms with E-state index < -0.39 is 77.4 Å². The molecule has 0 bridgehead atoms. The molecule has 6 heterocycles. The number of phosphoric acid groups is 2. The van der Waals surface area contributed by atoms with Crippen molar-refractivity contribution in [3.63, 3.8) is 0 Å². The van der Waals surface area contributed by atoms with Crippen LogP contribution in [0.1, 0.15) is 18.9 Å². The van der Waals surface area contributed by atoms with E-state index in [9.17, 15) is 28.6 Å². The third kappa shape index (κ3) is 9.07. The molecule has 292 valence electrons. The fourth-order valence-electron chi connectivity index (χ4n) is 5.86. The van der Waals surface area contributed by atoms with Gasteiger partial charge < -0.3 is 54.6 Å². The van der Waals surface area contributed by atoms with Gasteiger partial charge in [0.25, 0.3) is 5.56 Å². The Bertz CT molecular complexity index is 2030. The van der Waals surface area contributed by atoms with E-state index in [4.69, 9.17) is 48.9 Å². The summed E-state index contributed by atoms with van der Waals surface area (Å²) in [7, 11) is -7.21. The Labute approximate surface area is 298 Å². The zero-order valence-electron chi connectivity index (χ0n) is 28.1. The smallest absolute Gasteiger partial charge is 0.382 e. The number of hydrogen-bond acceptors (Lipinski definition) is 19. The monoisotopic (exact) mass is 792 g/mol. The number of anilines is 2. The first kappa shape index (κ1) is 39.2. The van der Waals surface area contributed by atoms with Gasteiger partial charge in [-0.25, -0.2) is 29.1 Å². The Morgan fingerprint density at radius 2 is 1.57 bits per heavy atom.